The van der Waals surface area contributed by atoms with Crippen LogP contribution in [0.4, 0.5) is 4.79 Å². The second-order valence-corrected chi connectivity index (χ2v) is 29.3. The first-order valence-corrected chi connectivity index (χ1v) is 30.5. The fourth-order valence-electron chi connectivity index (χ4n) is 10.9. The van der Waals surface area contributed by atoms with Gasteiger partial charge in [-0.05, 0) is 26.0 Å². The van der Waals surface area contributed by atoms with E-state index in [0.717, 1.165) is 49.7 Å². The summed E-state index contributed by atoms with van der Waals surface area (Å²) in [6.07, 6.45) is 4.98. The number of amides is 4. The van der Waals surface area contributed by atoms with Crippen LogP contribution < -0.4 is 5.43 Å². The van der Waals surface area contributed by atoms with Crippen LogP contribution >= 0.6 is 11.3 Å². The van der Waals surface area contributed by atoms with Crippen LogP contribution in [0, 0.1) is 17.3 Å². The molecule has 17 heteroatoms. The van der Waals surface area contributed by atoms with Gasteiger partial charge in [-0.1, -0.05) is 0 Å². The summed E-state index contributed by atoms with van der Waals surface area (Å²) >= 11 is -1.48. The Hall–Kier alpha value is -4.65. The van der Waals surface area contributed by atoms with E-state index in [1.165, 1.54) is 17.4 Å². The number of thiazole rings is 1. The molecule has 0 aliphatic carbocycles. The zero-order chi connectivity index (χ0) is 49.6. The standard InChI is InChI=1S/C36H43N5O4S.C16H26N3O3.Sn/c1-7-23-18-31-38-29(20-46-31)24-13-14-30-26(17-24)27(33(40(30)8-2)25-11-9-15-37-32(25)22(3)44-6)19-36(4,5)21-45-35(43)28-12-10-16-41(39-28)34(23)42;1-7-15(21)18-8-13(5)19(9-12(18)4)16(22)17(6)14(10-20)11(2)3;/h7,9,11,13-15,17,20,22-23,28,39H,1,8,10,12,16,18-19,21H2,2-6H3;7,11-14H,1,8-9H2,2-6H3;/t22-,23-,28-;12-,13-,14-;/m01./s1. The van der Waals surface area contributed by atoms with E-state index in [1.807, 2.05) is 40.7 Å². The number of aromatic nitrogens is 3. The Labute approximate surface area is 417 Å². The van der Waals surface area contributed by atoms with E-state index < -0.39 is 49.1 Å². The zero-order valence-corrected chi connectivity index (χ0v) is 45.6. The van der Waals surface area contributed by atoms with Gasteiger partial charge in [0.15, 0.2) is 0 Å². The van der Waals surface area contributed by atoms with E-state index in [4.69, 9.17) is 19.4 Å². The van der Waals surface area contributed by atoms with Crippen LogP contribution in [0.15, 0.2) is 54.6 Å². The second kappa shape index (κ2) is 20.6. The molecule has 1 unspecified atom stereocenters. The summed E-state index contributed by atoms with van der Waals surface area (Å²) in [5.74, 6) is -1.36. The van der Waals surface area contributed by atoms with Crippen LogP contribution in [-0.4, -0.2) is 146 Å². The van der Waals surface area contributed by atoms with E-state index in [1.54, 1.807) is 40.1 Å². The predicted octanol–water partition coefficient (Wildman–Crippen LogP) is 7.50. The number of urea groups is 1. The molecule has 4 aromatic rings. The van der Waals surface area contributed by atoms with Gasteiger partial charge >= 0.3 is 359 Å². The Balaban J connectivity index is 1.13. The number of esters is 1. The van der Waals surface area contributed by atoms with Crippen molar-refractivity contribution in [1.29, 1.82) is 0 Å². The number of methoxy groups -OCH3 is 1. The molecule has 69 heavy (non-hydrogen) atoms. The number of nitrogens with one attached hydrogen (secondary N) is 1. The molecule has 3 saturated heterocycles. The molecule has 15 nitrogen and oxygen atoms in total. The van der Waals surface area contributed by atoms with Crippen molar-refractivity contribution < 1.29 is 33.4 Å². The summed E-state index contributed by atoms with van der Waals surface area (Å²) in [6, 6.07) is 8.55. The number of cyclic esters (lactones) is 1. The Morgan fingerprint density at radius 2 is 1.86 bits per heavy atom. The van der Waals surface area contributed by atoms with Gasteiger partial charge in [-0.15, -0.1) is 0 Å². The number of rotatable bonds is 10. The molecule has 8 rings (SSSR count). The van der Waals surface area contributed by atoms with Gasteiger partial charge in [0.05, 0.1) is 11.8 Å². The molecule has 0 saturated carbocycles. The number of hydrogen-bond donors (Lipinski definition) is 1. The first-order chi connectivity index (χ1) is 32.9. The first-order valence-electron chi connectivity index (χ1n) is 24.6. The van der Waals surface area contributed by atoms with E-state index in [-0.39, 0.29) is 56.3 Å². The summed E-state index contributed by atoms with van der Waals surface area (Å²) < 4.78 is 15.1. The van der Waals surface area contributed by atoms with Crippen LogP contribution in [0.25, 0.3) is 33.4 Å². The van der Waals surface area contributed by atoms with Crippen molar-refractivity contribution in [3.8, 4) is 22.5 Å². The molecular formula is C52H69N8O7SSn. The maximum atomic E-state index is 14.9. The average Bonchev–Trinajstić information content (AvgIpc) is 3.90. The normalized spacial score (nSPS) is 24.2. The third-order valence-electron chi connectivity index (χ3n) is 14.7. The van der Waals surface area contributed by atoms with Crippen LogP contribution in [0.2, 0.25) is 8.37 Å². The number of hydrogen-bond acceptors (Lipinski definition) is 11. The zero-order valence-electron chi connectivity index (χ0n) is 41.9. The SMILES string of the molecule is C=CC(=O)N1C[C@@H](C)N(C(=O)N(C)[C@H]([C](=O)[Sn]2[CH2][CH]2[C@H]2Cc3nc(cs3)-c3ccc4c(c3)c(c(-c3cccnc3[C@H](C)OC)n4CC)CC(C)(C)COC(=O)[C@@H]3CCCN(N3)C2=O)C(C)C)C[C@H]1C. The van der Waals surface area contributed by atoms with Crippen molar-refractivity contribution in [2.75, 3.05) is 40.4 Å². The van der Waals surface area contributed by atoms with Crippen molar-refractivity contribution in [3.63, 3.8) is 0 Å². The third-order valence-corrected chi connectivity index (χ3v) is 23.5. The fraction of sp³-hybridized carbons (Fsp3) is 0.558. The topological polar surface area (TPSA) is 160 Å². The van der Waals surface area contributed by atoms with Gasteiger partial charge in [0.1, 0.15) is 0 Å². The third kappa shape index (κ3) is 10.1. The second-order valence-electron chi connectivity index (χ2n) is 20.6. The molecule has 369 valence electrons. The Kier molecular flexibility index (Phi) is 15.1. The van der Waals surface area contributed by atoms with E-state index in [2.05, 4.69) is 67.0 Å². The number of carbonyl (C=O) groups excluding carboxylic acids is 5. The molecule has 1 N–H and O–H groups in total. The van der Waals surface area contributed by atoms with Gasteiger partial charge in [-0.25, -0.2) is 0 Å². The van der Waals surface area contributed by atoms with Crippen molar-refractivity contribution in [3.05, 3.63) is 70.8 Å². The number of piperazine rings is 1. The molecule has 0 spiro atoms. The van der Waals surface area contributed by atoms with Crippen LogP contribution in [0.5, 0.6) is 0 Å². The summed E-state index contributed by atoms with van der Waals surface area (Å²) in [5, 5.41) is 5.57. The number of hydrazine groups is 1. The van der Waals surface area contributed by atoms with Crippen molar-refractivity contribution >= 4 is 69.6 Å². The maximum absolute atomic E-state index is 14.9. The number of pyridine rings is 1. The number of aryl methyl sites for hydroxylation is 1. The quantitative estimate of drug-likeness (QED) is 0.0958. The average molecular weight is 1070 g/mol. The molecule has 3 aromatic heterocycles. The van der Waals surface area contributed by atoms with Gasteiger partial charge in [0, 0.05) is 13.3 Å². The summed E-state index contributed by atoms with van der Waals surface area (Å²) in [4.78, 5) is 85.8. The van der Waals surface area contributed by atoms with Crippen molar-refractivity contribution in [1.82, 2.24) is 39.7 Å². The monoisotopic (exact) mass is 1070 g/mol. The Bertz CT molecular complexity index is 2630. The number of ether oxygens (including phenoxy) is 2. The predicted molar refractivity (Wildman–Crippen MR) is 270 cm³/mol. The summed E-state index contributed by atoms with van der Waals surface area (Å²) in [5.41, 5.74) is 9.69. The molecule has 1 aromatic carbocycles. The molecule has 4 aliphatic rings. The summed E-state index contributed by atoms with van der Waals surface area (Å²) in [6.45, 7) is 21.9. The minimum absolute atomic E-state index is 0.0956. The number of likely N-dealkylation sites (N-methyl/N-ethyl adjacent to an activating group) is 1. The molecular weight excluding hydrogens is 999 g/mol. The van der Waals surface area contributed by atoms with Gasteiger partial charge in [0.2, 0.25) is 0 Å². The van der Waals surface area contributed by atoms with E-state index in [9.17, 15) is 24.0 Å². The number of fused-ring (bicyclic) bond motifs is 6. The van der Waals surface area contributed by atoms with Crippen LogP contribution in [-0.2, 0) is 48.0 Å². The Morgan fingerprint density at radius 1 is 1.12 bits per heavy atom. The summed E-state index contributed by atoms with van der Waals surface area (Å²) in [7, 11) is 3.42. The number of benzene rings is 1. The van der Waals surface area contributed by atoms with Crippen molar-refractivity contribution in [2.24, 2.45) is 17.3 Å². The van der Waals surface area contributed by atoms with Crippen LogP contribution in [0.1, 0.15) is 90.6 Å². The van der Waals surface area contributed by atoms with Gasteiger partial charge in [-0.3, -0.25) is 4.98 Å². The van der Waals surface area contributed by atoms with Gasteiger partial charge in [0.25, 0.3) is 0 Å². The first kappa shape index (κ1) is 50.7. The molecule has 7 atom stereocenters. The molecule has 4 aliphatic heterocycles. The van der Waals surface area contributed by atoms with Crippen molar-refractivity contribution in [2.45, 2.75) is 126 Å². The minimum atomic E-state index is -3.00. The molecule has 6 bridgehead atoms. The fourth-order valence-corrected chi connectivity index (χ4v) is 21.9. The molecule has 3 fully saturated rings. The molecule has 1 radical (unpaired) electrons. The molecule has 7 heterocycles. The van der Waals surface area contributed by atoms with Gasteiger partial charge < -0.3 is 4.74 Å². The Morgan fingerprint density at radius 3 is 2.57 bits per heavy atom. The van der Waals surface area contributed by atoms with E-state index in [0.29, 0.717) is 56.3 Å². The van der Waals surface area contributed by atoms with Crippen LogP contribution in [0.3, 0.4) is 0 Å². The van der Waals surface area contributed by atoms with E-state index >= 15 is 0 Å². The molecule has 4 amide bonds. The number of carbonyl (C=O) groups is 5. The number of nitrogens with zero attached hydrogens (tertiary/aromatic N) is 7. The van der Waals surface area contributed by atoms with Gasteiger partial charge in [-0.2, -0.15) is 0 Å².